The Balaban J connectivity index is 1.50. The number of rotatable bonds is 9. The molecule has 1 N–H and O–H groups in total. The van der Waals surface area contributed by atoms with Crippen LogP contribution >= 0.6 is 35.1 Å². The van der Waals surface area contributed by atoms with Crippen molar-refractivity contribution in [3.8, 4) is 17.5 Å². The molecule has 1 atom stereocenters. The van der Waals surface area contributed by atoms with Gasteiger partial charge in [-0.15, -0.1) is 11.6 Å². The molecule has 0 amide bonds. The van der Waals surface area contributed by atoms with Gasteiger partial charge >= 0.3 is 0 Å². The van der Waals surface area contributed by atoms with Crippen molar-refractivity contribution >= 4 is 46.1 Å². The van der Waals surface area contributed by atoms with Crippen LogP contribution in [0.4, 0.5) is 0 Å². The van der Waals surface area contributed by atoms with Crippen molar-refractivity contribution in [1.82, 2.24) is 14.2 Å². The highest BCUT2D eigenvalue weighted by molar-refractivity contribution is 7.96. The number of aromatic nitrogens is 1. The standard InChI is InChI=1S/C25H28Cl2N4OS/c1-33-29-21-3-2-9-30(17-21)10-6-18-4-5-24-19(13-18)7-11-31(24)22-14-20(16-28)25(23(27)15-22)32-12-8-26/h4-5,7,11,13-15,21,29H,2-3,6,8-10,12,17H2,1H3. The van der Waals surface area contributed by atoms with E-state index in [9.17, 15) is 5.26 Å². The van der Waals surface area contributed by atoms with Crippen LogP contribution in [0.5, 0.6) is 5.75 Å². The zero-order valence-corrected chi connectivity index (χ0v) is 21.0. The molecular weight excluding hydrogens is 475 g/mol. The van der Waals surface area contributed by atoms with Crippen molar-refractivity contribution in [2.75, 3.05) is 38.4 Å². The summed E-state index contributed by atoms with van der Waals surface area (Å²) in [6.45, 7) is 3.67. The van der Waals surface area contributed by atoms with Gasteiger partial charge in [0.1, 0.15) is 12.7 Å². The molecule has 1 unspecified atom stereocenters. The maximum Gasteiger partial charge on any atom is 0.155 e. The Kier molecular flexibility index (Phi) is 8.45. The van der Waals surface area contributed by atoms with Crippen LogP contribution in [0.3, 0.4) is 0 Å². The summed E-state index contributed by atoms with van der Waals surface area (Å²) in [6, 6.07) is 15.1. The topological polar surface area (TPSA) is 53.2 Å². The van der Waals surface area contributed by atoms with Gasteiger partial charge in [0, 0.05) is 36.4 Å². The molecule has 1 fully saturated rings. The van der Waals surface area contributed by atoms with E-state index in [1.165, 1.54) is 30.3 Å². The van der Waals surface area contributed by atoms with E-state index in [-0.39, 0.29) is 0 Å². The van der Waals surface area contributed by atoms with E-state index >= 15 is 0 Å². The molecule has 174 valence electrons. The molecule has 4 rings (SSSR count). The summed E-state index contributed by atoms with van der Waals surface area (Å²) in [6.07, 6.45) is 7.66. The van der Waals surface area contributed by atoms with Crippen molar-refractivity contribution in [2.24, 2.45) is 0 Å². The van der Waals surface area contributed by atoms with Crippen molar-refractivity contribution in [2.45, 2.75) is 25.3 Å². The number of nitrogens with one attached hydrogen (secondary N) is 1. The number of alkyl halides is 1. The lowest BCUT2D eigenvalue weighted by Crippen LogP contribution is -2.44. The molecule has 33 heavy (non-hydrogen) atoms. The molecule has 0 radical (unpaired) electrons. The first-order valence-electron chi connectivity index (χ1n) is 11.2. The summed E-state index contributed by atoms with van der Waals surface area (Å²) in [5, 5.41) is 11.2. The zero-order chi connectivity index (χ0) is 23.2. The zero-order valence-electron chi connectivity index (χ0n) is 18.7. The monoisotopic (exact) mass is 502 g/mol. The summed E-state index contributed by atoms with van der Waals surface area (Å²) in [4.78, 5) is 2.56. The number of fused-ring (bicyclic) bond motifs is 1. The lowest BCUT2D eigenvalue weighted by Gasteiger charge is -2.32. The van der Waals surface area contributed by atoms with Gasteiger partial charge in [-0.2, -0.15) is 5.26 Å². The highest BCUT2D eigenvalue weighted by Crippen LogP contribution is 2.33. The van der Waals surface area contributed by atoms with Crippen LogP contribution in [-0.4, -0.2) is 53.9 Å². The second-order valence-electron chi connectivity index (χ2n) is 8.24. The van der Waals surface area contributed by atoms with Crippen LogP contribution in [0.25, 0.3) is 16.6 Å². The molecule has 0 aliphatic carbocycles. The number of hydrogen-bond acceptors (Lipinski definition) is 5. The van der Waals surface area contributed by atoms with Crippen LogP contribution in [0.2, 0.25) is 5.02 Å². The quantitative estimate of drug-likeness (QED) is 0.302. The first-order chi connectivity index (χ1) is 16.1. The molecule has 0 spiro atoms. The Morgan fingerprint density at radius 1 is 1.27 bits per heavy atom. The van der Waals surface area contributed by atoms with Gasteiger partial charge in [0.15, 0.2) is 5.75 Å². The number of halogens is 2. The smallest absolute Gasteiger partial charge is 0.155 e. The average Bonchev–Trinajstić information content (AvgIpc) is 3.25. The van der Waals surface area contributed by atoms with E-state index in [0.717, 1.165) is 30.7 Å². The minimum absolute atomic E-state index is 0.302. The van der Waals surface area contributed by atoms with Gasteiger partial charge in [0.2, 0.25) is 0 Å². The third kappa shape index (κ3) is 5.79. The predicted octanol–water partition coefficient (Wildman–Crippen LogP) is 5.65. The minimum atomic E-state index is 0.302. The van der Waals surface area contributed by atoms with Gasteiger partial charge in [-0.05, 0) is 68.0 Å². The summed E-state index contributed by atoms with van der Waals surface area (Å²) in [7, 11) is 0. The van der Waals surface area contributed by atoms with Gasteiger partial charge in [-0.3, -0.25) is 4.72 Å². The van der Waals surface area contributed by atoms with Gasteiger partial charge in [-0.25, -0.2) is 0 Å². The number of nitriles is 1. The lowest BCUT2D eigenvalue weighted by atomic mass is 10.0. The fourth-order valence-corrected chi connectivity index (χ4v) is 5.34. The van der Waals surface area contributed by atoms with Crippen molar-refractivity contribution in [3.05, 3.63) is 58.7 Å². The van der Waals surface area contributed by atoms with Crippen LogP contribution in [-0.2, 0) is 6.42 Å². The summed E-state index contributed by atoms with van der Waals surface area (Å²) < 4.78 is 11.1. The minimum Gasteiger partial charge on any atom is -0.489 e. The van der Waals surface area contributed by atoms with E-state index in [0.29, 0.717) is 34.9 Å². The lowest BCUT2D eigenvalue weighted by molar-refractivity contribution is 0.206. The SMILES string of the molecule is CSNC1CCCN(CCc2ccc3c(ccn3-c3cc(Cl)c(OCCCl)c(C#N)c3)c2)C1. The molecule has 2 aromatic carbocycles. The molecule has 1 aliphatic heterocycles. The maximum atomic E-state index is 9.59. The largest absolute Gasteiger partial charge is 0.489 e. The van der Waals surface area contributed by atoms with E-state index < -0.39 is 0 Å². The number of piperidine rings is 1. The van der Waals surface area contributed by atoms with Gasteiger partial charge < -0.3 is 14.2 Å². The number of nitrogens with zero attached hydrogens (tertiary/aromatic N) is 3. The van der Waals surface area contributed by atoms with E-state index in [4.69, 9.17) is 27.9 Å². The van der Waals surface area contributed by atoms with Crippen LogP contribution < -0.4 is 9.46 Å². The number of ether oxygens (including phenoxy) is 1. The van der Waals surface area contributed by atoms with E-state index in [1.807, 2.05) is 12.3 Å². The summed E-state index contributed by atoms with van der Waals surface area (Å²) in [5.74, 6) is 0.718. The molecule has 1 aromatic heterocycles. The Hall–Kier alpha value is -1.88. The van der Waals surface area contributed by atoms with E-state index in [1.54, 1.807) is 18.0 Å². The highest BCUT2D eigenvalue weighted by atomic mass is 35.5. The third-order valence-electron chi connectivity index (χ3n) is 6.01. The Morgan fingerprint density at radius 2 is 2.15 bits per heavy atom. The van der Waals surface area contributed by atoms with Gasteiger partial charge in [0.25, 0.3) is 0 Å². The number of hydrogen-bond donors (Lipinski definition) is 1. The fraction of sp³-hybridized carbons (Fsp3) is 0.400. The first kappa shape index (κ1) is 24.3. The van der Waals surface area contributed by atoms with Crippen LogP contribution in [0.15, 0.2) is 42.6 Å². The maximum absolute atomic E-state index is 9.59. The Labute approximate surface area is 209 Å². The summed E-state index contributed by atoms with van der Waals surface area (Å²) >= 11 is 13.9. The molecule has 1 aliphatic rings. The predicted molar refractivity (Wildman–Crippen MR) is 139 cm³/mol. The van der Waals surface area contributed by atoms with Crippen molar-refractivity contribution in [3.63, 3.8) is 0 Å². The van der Waals surface area contributed by atoms with Crippen LogP contribution in [0.1, 0.15) is 24.0 Å². The molecule has 5 nitrogen and oxygen atoms in total. The second kappa shape index (κ2) is 11.5. The first-order valence-corrected chi connectivity index (χ1v) is 13.3. The van der Waals surface area contributed by atoms with E-state index in [2.05, 4.69) is 50.8 Å². The molecule has 0 bridgehead atoms. The van der Waals surface area contributed by atoms with Crippen molar-refractivity contribution < 1.29 is 4.74 Å². The Morgan fingerprint density at radius 3 is 2.94 bits per heavy atom. The highest BCUT2D eigenvalue weighted by Gasteiger charge is 2.19. The molecular formula is C25H28Cl2N4OS. The molecule has 1 saturated heterocycles. The fourth-order valence-electron chi connectivity index (χ4n) is 4.47. The third-order valence-corrected chi connectivity index (χ3v) is 7.02. The van der Waals surface area contributed by atoms with Crippen molar-refractivity contribution in [1.29, 1.82) is 5.26 Å². The van der Waals surface area contributed by atoms with Gasteiger partial charge in [0.05, 0.1) is 22.0 Å². The Bertz CT molecular complexity index is 1140. The average molecular weight is 503 g/mol. The molecule has 2 heterocycles. The number of benzene rings is 2. The number of likely N-dealkylation sites (tertiary alicyclic amines) is 1. The normalized spacial score (nSPS) is 16.7. The molecule has 0 saturated carbocycles. The molecule has 8 heteroatoms. The summed E-state index contributed by atoms with van der Waals surface area (Å²) in [5.41, 5.74) is 3.64. The van der Waals surface area contributed by atoms with Gasteiger partial charge in [-0.1, -0.05) is 29.6 Å². The van der Waals surface area contributed by atoms with Crippen LogP contribution in [0, 0.1) is 11.3 Å². The molecule has 3 aromatic rings. The second-order valence-corrected chi connectivity index (χ2v) is 9.67.